The third kappa shape index (κ3) is 3.19. The largest absolute Gasteiger partial charge is 0.396 e. The van der Waals surface area contributed by atoms with Gasteiger partial charge in [0.2, 0.25) is 0 Å². The van der Waals surface area contributed by atoms with Crippen molar-refractivity contribution in [2.45, 2.75) is 38.9 Å². The first-order valence-electron chi connectivity index (χ1n) is 6.54. The summed E-state index contributed by atoms with van der Waals surface area (Å²) in [5, 5.41) is 9.61. The van der Waals surface area contributed by atoms with Crippen molar-refractivity contribution < 1.29 is 14.6 Å². The Balaban J connectivity index is 1.97. The lowest BCUT2D eigenvalue weighted by Crippen LogP contribution is -2.55. The Morgan fingerprint density at radius 3 is 2.71 bits per heavy atom. The smallest absolute Gasteiger partial charge is 0.0757 e. The second-order valence-corrected chi connectivity index (χ2v) is 6.32. The van der Waals surface area contributed by atoms with Crippen molar-refractivity contribution in [1.82, 2.24) is 4.90 Å². The van der Waals surface area contributed by atoms with Crippen LogP contribution in [0.1, 0.15) is 27.2 Å². The normalized spacial score (nSPS) is 38.5. The Morgan fingerprint density at radius 1 is 1.41 bits per heavy atom. The molecular weight excluding hydrogens is 218 g/mol. The molecule has 100 valence electrons. The monoisotopic (exact) mass is 243 g/mol. The predicted molar refractivity (Wildman–Crippen MR) is 66.0 cm³/mol. The first-order valence-corrected chi connectivity index (χ1v) is 6.54. The number of aliphatic hydroxyl groups excluding tert-OH is 1. The lowest BCUT2D eigenvalue weighted by molar-refractivity contribution is -0.137. The highest BCUT2D eigenvalue weighted by atomic mass is 16.5. The Kier molecular flexibility index (Phi) is 3.78. The van der Waals surface area contributed by atoms with Crippen LogP contribution in [0.4, 0.5) is 0 Å². The van der Waals surface area contributed by atoms with Crippen LogP contribution in [-0.4, -0.2) is 61.2 Å². The molecule has 0 aliphatic carbocycles. The van der Waals surface area contributed by atoms with Gasteiger partial charge >= 0.3 is 0 Å². The summed E-state index contributed by atoms with van der Waals surface area (Å²) < 4.78 is 11.4. The Bertz CT molecular complexity index is 261. The Hall–Kier alpha value is -0.160. The molecule has 2 atom stereocenters. The van der Waals surface area contributed by atoms with Gasteiger partial charge in [-0.3, -0.25) is 4.90 Å². The van der Waals surface area contributed by atoms with Crippen molar-refractivity contribution in [1.29, 1.82) is 0 Å². The molecule has 0 amide bonds. The molecule has 0 aromatic carbocycles. The topological polar surface area (TPSA) is 41.9 Å². The first kappa shape index (κ1) is 13.3. The van der Waals surface area contributed by atoms with Gasteiger partial charge in [-0.2, -0.15) is 0 Å². The molecule has 4 nitrogen and oxygen atoms in total. The minimum atomic E-state index is -0.0895. The second kappa shape index (κ2) is 4.84. The zero-order chi connectivity index (χ0) is 12.5. The molecule has 2 heterocycles. The van der Waals surface area contributed by atoms with Crippen LogP contribution in [0.5, 0.6) is 0 Å². The lowest BCUT2D eigenvalue weighted by atomic mass is 9.87. The molecule has 17 heavy (non-hydrogen) atoms. The maximum absolute atomic E-state index is 9.61. The average molecular weight is 243 g/mol. The highest BCUT2D eigenvalue weighted by Gasteiger charge is 2.39. The standard InChI is InChI=1S/C13H25NO3/c1-11-6-14(7-12(2,3)17-11)8-13(9-15)4-5-16-10-13/h11,15H,4-10H2,1-3H3. The molecule has 2 unspecified atom stereocenters. The highest BCUT2D eigenvalue weighted by molar-refractivity contribution is 4.90. The van der Waals surface area contributed by atoms with Crippen molar-refractivity contribution in [3.05, 3.63) is 0 Å². The van der Waals surface area contributed by atoms with Gasteiger partial charge in [0.05, 0.1) is 24.9 Å². The number of hydrogen-bond donors (Lipinski definition) is 1. The predicted octanol–water partition coefficient (Wildman–Crippen LogP) is 0.885. The molecule has 0 aromatic heterocycles. The van der Waals surface area contributed by atoms with E-state index >= 15 is 0 Å². The van der Waals surface area contributed by atoms with E-state index in [9.17, 15) is 5.11 Å². The summed E-state index contributed by atoms with van der Waals surface area (Å²) in [6.07, 6.45) is 1.23. The fourth-order valence-electron chi connectivity index (χ4n) is 3.13. The minimum Gasteiger partial charge on any atom is -0.396 e. The third-order valence-electron chi connectivity index (χ3n) is 3.72. The van der Waals surface area contributed by atoms with E-state index < -0.39 is 0 Å². The van der Waals surface area contributed by atoms with Gasteiger partial charge in [0.1, 0.15) is 0 Å². The van der Waals surface area contributed by atoms with Crippen molar-refractivity contribution in [3.8, 4) is 0 Å². The van der Waals surface area contributed by atoms with E-state index in [-0.39, 0.29) is 23.7 Å². The van der Waals surface area contributed by atoms with Gasteiger partial charge in [-0.1, -0.05) is 0 Å². The molecule has 2 rings (SSSR count). The molecular formula is C13H25NO3. The van der Waals surface area contributed by atoms with Gasteiger partial charge in [0.25, 0.3) is 0 Å². The summed E-state index contributed by atoms with van der Waals surface area (Å²) >= 11 is 0. The maximum atomic E-state index is 9.61. The van der Waals surface area contributed by atoms with Crippen LogP contribution >= 0.6 is 0 Å². The molecule has 0 aromatic rings. The molecule has 4 heteroatoms. The fraction of sp³-hybridized carbons (Fsp3) is 1.00. The number of morpholine rings is 1. The maximum Gasteiger partial charge on any atom is 0.0757 e. The van der Waals surface area contributed by atoms with Crippen molar-refractivity contribution in [2.24, 2.45) is 5.41 Å². The summed E-state index contributed by atoms with van der Waals surface area (Å²) in [6.45, 7) is 10.9. The molecule has 1 N–H and O–H groups in total. The van der Waals surface area contributed by atoms with Gasteiger partial charge in [-0.25, -0.2) is 0 Å². The van der Waals surface area contributed by atoms with Crippen molar-refractivity contribution >= 4 is 0 Å². The van der Waals surface area contributed by atoms with Crippen molar-refractivity contribution in [3.63, 3.8) is 0 Å². The number of hydrogen-bond acceptors (Lipinski definition) is 4. The summed E-state index contributed by atoms with van der Waals surface area (Å²) in [5.74, 6) is 0. The average Bonchev–Trinajstić information content (AvgIpc) is 2.63. The minimum absolute atomic E-state index is 0.0485. The van der Waals surface area contributed by atoms with Crippen LogP contribution in [0.2, 0.25) is 0 Å². The van der Waals surface area contributed by atoms with E-state index in [1.54, 1.807) is 0 Å². The zero-order valence-electron chi connectivity index (χ0n) is 11.2. The number of ether oxygens (including phenoxy) is 2. The van der Waals surface area contributed by atoms with Gasteiger partial charge in [0.15, 0.2) is 0 Å². The molecule has 2 aliphatic rings. The fourth-order valence-corrected chi connectivity index (χ4v) is 3.13. The van der Waals surface area contributed by atoms with Crippen LogP contribution in [0.25, 0.3) is 0 Å². The highest BCUT2D eigenvalue weighted by Crippen LogP contribution is 2.31. The van der Waals surface area contributed by atoms with Gasteiger partial charge in [-0.15, -0.1) is 0 Å². The zero-order valence-corrected chi connectivity index (χ0v) is 11.2. The second-order valence-electron chi connectivity index (χ2n) is 6.32. The van der Waals surface area contributed by atoms with Crippen LogP contribution in [0.3, 0.4) is 0 Å². The molecule has 2 saturated heterocycles. The van der Waals surface area contributed by atoms with Gasteiger partial charge in [-0.05, 0) is 27.2 Å². The lowest BCUT2D eigenvalue weighted by Gasteiger charge is -2.44. The van der Waals surface area contributed by atoms with E-state index in [4.69, 9.17) is 9.47 Å². The van der Waals surface area contributed by atoms with Gasteiger partial charge < -0.3 is 14.6 Å². The summed E-state index contributed by atoms with van der Waals surface area (Å²) in [5.41, 5.74) is -0.138. The van der Waals surface area contributed by atoms with E-state index in [2.05, 4.69) is 25.7 Å². The van der Waals surface area contributed by atoms with Crippen LogP contribution in [0, 0.1) is 5.41 Å². The quantitative estimate of drug-likeness (QED) is 0.799. The summed E-state index contributed by atoms with van der Waals surface area (Å²) in [6, 6.07) is 0. The van der Waals surface area contributed by atoms with Crippen LogP contribution < -0.4 is 0 Å². The van der Waals surface area contributed by atoms with E-state index in [0.29, 0.717) is 6.61 Å². The molecule has 0 bridgehead atoms. The summed E-state index contributed by atoms with van der Waals surface area (Å²) in [4.78, 5) is 2.42. The van der Waals surface area contributed by atoms with Gasteiger partial charge in [0, 0.05) is 31.7 Å². The number of nitrogens with zero attached hydrogens (tertiary/aromatic N) is 1. The number of rotatable bonds is 3. The third-order valence-corrected chi connectivity index (χ3v) is 3.72. The van der Waals surface area contributed by atoms with Crippen LogP contribution in [0.15, 0.2) is 0 Å². The van der Waals surface area contributed by atoms with E-state index in [0.717, 1.165) is 32.7 Å². The van der Waals surface area contributed by atoms with E-state index in [1.165, 1.54) is 0 Å². The van der Waals surface area contributed by atoms with E-state index in [1.807, 2.05) is 0 Å². The SMILES string of the molecule is CC1CN(CC2(CO)CCOC2)CC(C)(C)O1. The molecule has 0 spiro atoms. The number of aliphatic hydroxyl groups is 1. The first-order chi connectivity index (χ1) is 7.95. The van der Waals surface area contributed by atoms with Crippen LogP contribution in [-0.2, 0) is 9.47 Å². The molecule has 0 radical (unpaired) electrons. The molecule has 2 fully saturated rings. The van der Waals surface area contributed by atoms with Crippen molar-refractivity contribution in [2.75, 3.05) is 39.5 Å². The Labute approximate surface area is 104 Å². The summed E-state index contributed by atoms with van der Waals surface area (Å²) in [7, 11) is 0. The molecule has 2 aliphatic heterocycles. The molecule has 0 saturated carbocycles. The Morgan fingerprint density at radius 2 is 2.18 bits per heavy atom.